The van der Waals surface area contributed by atoms with Crippen LogP contribution in [0.5, 0.6) is 0 Å². The fourth-order valence-corrected chi connectivity index (χ4v) is 8.59. The van der Waals surface area contributed by atoms with Gasteiger partial charge in [-0.2, -0.15) is 0 Å². The first kappa shape index (κ1) is 66.1. The van der Waals surface area contributed by atoms with Crippen molar-refractivity contribution in [3.63, 3.8) is 0 Å². The number of carbonyl (C=O) groups is 3. The summed E-state index contributed by atoms with van der Waals surface area (Å²) in [6.45, 7) is 6.54. The molecule has 0 saturated heterocycles. The zero-order chi connectivity index (χ0) is 50.0. The van der Waals surface area contributed by atoms with E-state index in [1.54, 1.807) is 0 Å². The van der Waals surface area contributed by atoms with E-state index in [0.717, 1.165) is 96.3 Å². The fourth-order valence-electron chi connectivity index (χ4n) is 8.59. The van der Waals surface area contributed by atoms with E-state index in [-0.39, 0.29) is 31.1 Å². The van der Waals surface area contributed by atoms with E-state index >= 15 is 0 Å². The molecule has 0 N–H and O–H groups in total. The molecule has 0 amide bonds. The second kappa shape index (κ2) is 57.7. The Balaban J connectivity index is 4.24. The summed E-state index contributed by atoms with van der Waals surface area (Å²) in [5.74, 6) is -0.864. The zero-order valence-electron chi connectivity index (χ0n) is 45.8. The zero-order valence-corrected chi connectivity index (χ0v) is 45.8. The molecule has 0 spiro atoms. The second-order valence-electron chi connectivity index (χ2n) is 19.9. The Bertz CT molecular complexity index is 1250. The third kappa shape index (κ3) is 55.9. The van der Waals surface area contributed by atoms with Gasteiger partial charge in [0.2, 0.25) is 0 Å². The number of carbonyl (C=O) groups excluding carboxylic acids is 3. The van der Waals surface area contributed by atoms with Gasteiger partial charge in [0.15, 0.2) is 6.10 Å². The quantitative estimate of drug-likeness (QED) is 0.0262. The minimum Gasteiger partial charge on any atom is -0.462 e. The van der Waals surface area contributed by atoms with Gasteiger partial charge in [-0.3, -0.25) is 14.4 Å². The Morgan fingerprint density at radius 3 is 0.884 bits per heavy atom. The van der Waals surface area contributed by atoms with Crippen LogP contribution in [0.1, 0.15) is 303 Å². The highest BCUT2D eigenvalue weighted by atomic mass is 16.6. The Morgan fingerprint density at radius 1 is 0.304 bits per heavy atom. The van der Waals surface area contributed by atoms with Crippen molar-refractivity contribution in [3.05, 3.63) is 60.8 Å². The minimum atomic E-state index is -0.772. The van der Waals surface area contributed by atoms with Crippen molar-refractivity contribution in [1.82, 2.24) is 0 Å². The van der Waals surface area contributed by atoms with Crippen molar-refractivity contribution >= 4 is 17.9 Å². The number of unbranched alkanes of at least 4 members (excludes halogenated alkanes) is 33. The van der Waals surface area contributed by atoms with Gasteiger partial charge in [0, 0.05) is 19.3 Å². The van der Waals surface area contributed by atoms with Crippen LogP contribution in [0, 0.1) is 0 Å². The van der Waals surface area contributed by atoms with E-state index in [0.29, 0.717) is 19.3 Å². The van der Waals surface area contributed by atoms with Gasteiger partial charge >= 0.3 is 17.9 Å². The predicted octanol–water partition coefficient (Wildman–Crippen LogP) is 20.0. The van der Waals surface area contributed by atoms with Crippen molar-refractivity contribution < 1.29 is 28.6 Å². The Hall–Kier alpha value is -2.89. The van der Waals surface area contributed by atoms with Crippen LogP contribution in [-0.4, -0.2) is 37.2 Å². The van der Waals surface area contributed by atoms with Crippen molar-refractivity contribution in [2.75, 3.05) is 13.2 Å². The number of esters is 3. The van der Waals surface area contributed by atoms with Crippen LogP contribution in [0.4, 0.5) is 0 Å². The van der Waals surface area contributed by atoms with E-state index < -0.39 is 6.10 Å². The molecule has 0 rings (SSSR count). The molecule has 0 aromatic rings. The van der Waals surface area contributed by atoms with Crippen LogP contribution < -0.4 is 0 Å². The number of hydrogen-bond donors (Lipinski definition) is 0. The topological polar surface area (TPSA) is 78.9 Å². The van der Waals surface area contributed by atoms with E-state index in [1.165, 1.54) is 167 Å². The van der Waals surface area contributed by atoms with Crippen LogP contribution in [0.2, 0.25) is 0 Å². The molecule has 69 heavy (non-hydrogen) atoms. The first-order chi connectivity index (χ1) is 34.0. The van der Waals surface area contributed by atoms with Crippen molar-refractivity contribution in [1.29, 1.82) is 0 Å². The summed E-state index contributed by atoms with van der Waals surface area (Å²) in [4.78, 5) is 38.1. The first-order valence-electron chi connectivity index (χ1n) is 29.8. The van der Waals surface area contributed by atoms with Crippen molar-refractivity contribution in [3.8, 4) is 0 Å². The fraction of sp³-hybridized carbons (Fsp3) is 0.794. The van der Waals surface area contributed by atoms with E-state index in [9.17, 15) is 14.4 Å². The maximum atomic E-state index is 12.8. The van der Waals surface area contributed by atoms with E-state index in [2.05, 4.69) is 81.5 Å². The molecule has 0 aromatic carbocycles. The standard InChI is InChI=1S/C63H112O6/c1-4-7-10-13-16-19-22-24-26-28-29-30-31-32-33-34-35-36-38-39-41-44-47-50-53-56-62(65)68-59-60(58-67-61(64)55-52-49-46-43-21-18-15-12-9-6-3)69-63(66)57-54-51-48-45-42-40-37-27-25-23-20-17-14-11-8-5-2/h7,10,16,19,24,26,29-30,32-33,60H,4-6,8-9,11-15,17-18,20-23,25,27-28,31,34-59H2,1-3H3/b10-7-,19-16-,26-24-,30-29-,33-32-. The van der Waals surface area contributed by atoms with E-state index in [4.69, 9.17) is 14.2 Å². The number of ether oxygens (including phenoxy) is 3. The maximum Gasteiger partial charge on any atom is 0.306 e. The molecule has 400 valence electrons. The van der Waals surface area contributed by atoms with Crippen LogP contribution >= 0.6 is 0 Å². The molecule has 0 fully saturated rings. The van der Waals surface area contributed by atoms with Crippen LogP contribution in [0.3, 0.4) is 0 Å². The van der Waals surface area contributed by atoms with Gasteiger partial charge in [-0.05, 0) is 64.2 Å². The number of allylic oxidation sites excluding steroid dienone is 10. The molecule has 0 bridgehead atoms. The maximum absolute atomic E-state index is 12.8. The average molecular weight is 966 g/mol. The lowest BCUT2D eigenvalue weighted by Crippen LogP contribution is -2.30. The Labute approximate surface area is 428 Å². The lowest BCUT2D eigenvalue weighted by molar-refractivity contribution is -0.167. The third-order valence-corrected chi connectivity index (χ3v) is 13.0. The molecule has 0 aliphatic heterocycles. The lowest BCUT2D eigenvalue weighted by Gasteiger charge is -2.18. The monoisotopic (exact) mass is 965 g/mol. The molecule has 0 aromatic heterocycles. The highest BCUT2D eigenvalue weighted by Gasteiger charge is 2.19. The normalized spacial score (nSPS) is 12.4. The largest absolute Gasteiger partial charge is 0.462 e. The molecular formula is C63H112O6. The molecular weight excluding hydrogens is 853 g/mol. The van der Waals surface area contributed by atoms with Crippen molar-refractivity contribution in [2.45, 2.75) is 309 Å². The summed E-state index contributed by atoms with van der Waals surface area (Å²) in [5.41, 5.74) is 0. The Morgan fingerprint density at radius 2 is 0.565 bits per heavy atom. The van der Waals surface area contributed by atoms with Gasteiger partial charge in [-0.25, -0.2) is 0 Å². The van der Waals surface area contributed by atoms with Crippen molar-refractivity contribution in [2.24, 2.45) is 0 Å². The summed E-state index contributed by atoms with van der Waals surface area (Å²) in [7, 11) is 0. The smallest absolute Gasteiger partial charge is 0.306 e. The molecule has 1 atom stereocenters. The number of rotatable bonds is 54. The second-order valence-corrected chi connectivity index (χ2v) is 19.9. The molecule has 0 heterocycles. The van der Waals surface area contributed by atoms with Crippen LogP contribution in [0.15, 0.2) is 60.8 Å². The SMILES string of the molecule is CC/C=C\C/C=C\C/C=C\C/C=C\C/C=C\CCCCCCCCCCCC(=O)OCC(COC(=O)CCCCCCCCCCCC)OC(=O)CCCCCCCCCCCCCCCCCC. The predicted molar refractivity (Wildman–Crippen MR) is 298 cm³/mol. The molecule has 6 nitrogen and oxygen atoms in total. The molecule has 1 unspecified atom stereocenters. The number of hydrogen-bond acceptors (Lipinski definition) is 6. The molecule has 6 heteroatoms. The van der Waals surface area contributed by atoms with Gasteiger partial charge in [0.05, 0.1) is 0 Å². The van der Waals surface area contributed by atoms with Crippen LogP contribution in [-0.2, 0) is 28.6 Å². The summed E-state index contributed by atoms with van der Waals surface area (Å²) >= 11 is 0. The third-order valence-electron chi connectivity index (χ3n) is 13.0. The van der Waals surface area contributed by atoms with Gasteiger partial charge in [0.1, 0.15) is 13.2 Å². The highest BCUT2D eigenvalue weighted by molar-refractivity contribution is 5.71. The average Bonchev–Trinajstić information content (AvgIpc) is 3.35. The van der Waals surface area contributed by atoms with Gasteiger partial charge in [-0.15, -0.1) is 0 Å². The first-order valence-corrected chi connectivity index (χ1v) is 29.8. The summed E-state index contributed by atoms with van der Waals surface area (Å²) < 4.78 is 16.9. The Kier molecular flexibility index (Phi) is 55.3. The summed E-state index contributed by atoms with van der Waals surface area (Å²) in [5, 5.41) is 0. The lowest BCUT2D eigenvalue weighted by atomic mass is 10.0. The summed E-state index contributed by atoms with van der Waals surface area (Å²) in [6.07, 6.45) is 72.2. The van der Waals surface area contributed by atoms with Crippen LogP contribution in [0.25, 0.3) is 0 Å². The molecule has 0 aliphatic rings. The molecule has 0 aliphatic carbocycles. The van der Waals surface area contributed by atoms with Gasteiger partial charge < -0.3 is 14.2 Å². The molecule has 0 saturated carbocycles. The minimum absolute atomic E-state index is 0.0715. The highest BCUT2D eigenvalue weighted by Crippen LogP contribution is 2.17. The van der Waals surface area contributed by atoms with Gasteiger partial charge in [0.25, 0.3) is 0 Å². The van der Waals surface area contributed by atoms with E-state index in [1.807, 2.05) is 0 Å². The molecule has 0 radical (unpaired) electrons. The van der Waals surface area contributed by atoms with Gasteiger partial charge in [-0.1, -0.05) is 281 Å². The summed E-state index contributed by atoms with van der Waals surface area (Å²) in [6, 6.07) is 0.